The first-order valence-corrected chi connectivity index (χ1v) is 16.6. The Hall–Kier alpha value is -6.58. The summed E-state index contributed by atoms with van der Waals surface area (Å²) in [5.74, 6) is 0. The molecule has 10 aromatic rings. The zero-order chi connectivity index (χ0) is 32.3. The number of nitrogens with zero attached hydrogens (tertiary/aromatic N) is 1. The molecule has 3 heteroatoms. The second-order valence-corrected chi connectivity index (χ2v) is 12.5. The molecule has 2 aromatic heterocycles. The van der Waals surface area contributed by atoms with Crippen LogP contribution < -0.4 is 4.90 Å². The van der Waals surface area contributed by atoms with Gasteiger partial charge in [-0.05, 0) is 94.2 Å². The summed E-state index contributed by atoms with van der Waals surface area (Å²) >= 11 is 0. The molecule has 0 bridgehead atoms. The van der Waals surface area contributed by atoms with Crippen LogP contribution in [-0.4, -0.2) is 0 Å². The molecule has 0 spiro atoms. The summed E-state index contributed by atoms with van der Waals surface area (Å²) in [5, 5.41) is 6.90. The Balaban J connectivity index is 1.19. The molecule has 2 heterocycles. The first kappa shape index (κ1) is 27.5. The van der Waals surface area contributed by atoms with Crippen LogP contribution in [0.15, 0.2) is 185 Å². The third-order valence-corrected chi connectivity index (χ3v) is 9.65. The fourth-order valence-corrected chi connectivity index (χ4v) is 7.34. The van der Waals surface area contributed by atoms with Crippen molar-refractivity contribution in [3.05, 3.63) is 176 Å². The van der Waals surface area contributed by atoms with Crippen LogP contribution in [0.3, 0.4) is 0 Å². The third kappa shape index (κ3) is 4.51. The molecule has 0 aliphatic carbocycles. The average molecular weight is 628 g/mol. The fourth-order valence-electron chi connectivity index (χ4n) is 7.34. The molecule has 0 saturated heterocycles. The van der Waals surface area contributed by atoms with Crippen LogP contribution in [0.4, 0.5) is 17.1 Å². The van der Waals surface area contributed by atoms with Crippen molar-refractivity contribution in [1.82, 2.24) is 0 Å². The minimum Gasteiger partial charge on any atom is -0.456 e. The molecule has 0 saturated carbocycles. The van der Waals surface area contributed by atoms with Gasteiger partial charge in [-0.25, -0.2) is 0 Å². The van der Waals surface area contributed by atoms with E-state index in [1.807, 2.05) is 24.3 Å². The number of hydrogen-bond acceptors (Lipinski definition) is 3. The highest BCUT2D eigenvalue weighted by molar-refractivity contribution is 6.19. The van der Waals surface area contributed by atoms with E-state index in [9.17, 15) is 0 Å². The van der Waals surface area contributed by atoms with Crippen molar-refractivity contribution in [2.45, 2.75) is 0 Å². The average Bonchev–Trinajstić information content (AvgIpc) is 3.74. The first-order chi connectivity index (χ1) is 24.3. The van der Waals surface area contributed by atoms with Gasteiger partial charge in [-0.3, -0.25) is 0 Å². The van der Waals surface area contributed by atoms with Gasteiger partial charge in [0.25, 0.3) is 0 Å². The Labute approximate surface area is 282 Å². The summed E-state index contributed by atoms with van der Waals surface area (Å²) in [6.07, 6.45) is 0. The summed E-state index contributed by atoms with van der Waals surface area (Å²) in [6, 6.07) is 62.2. The monoisotopic (exact) mass is 627 g/mol. The van der Waals surface area contributed by atoms with Crippen molar-refractivity contribution in [2.75, 3.05) is 4.90 Å². The quantitative estimate of drug-likeness (QED) is 0.190. The first-order valence-electron chi connectivity index (χ1n) is 16.6. The summed E-state index contributed by atoms with van der Waals surface area (Å²) in [7, 11) is 0. The molecular formula is C46H29NO2. The number of furan rings is 2. The van der Waals surface area contributed by atoms with E-state index in [0.717, 1.165) is 83.2 Å². The molecule has 0 unspecified atom stereocenters. The Morgan fingerprint density at radius 3 is 1.80 bits per heavy atom. The molecule has 0 aliphatic heterocycles. The molecule has 0 amide bonds. The SMILES string of the molecule is c1ccc(-c2cc(-c3ccc4ccc5oc6ccccc6c5c4c3)ccc2N(c2ccccc2)c2ccc3oc4ccccc4c3c2)cc1. The van der Waals surface area contributed by atoms with Gasteiger partial charge < -0.3 is 13.7 Å². The summed E-state index contributed by atoms with van der Waals surface area (Å²) in [6.45, 7) is 0. The van der Waals surface area contributed by atoms with Crippen LogP contribution in [0.2, 0.25) is 0 Å². The Kier molecular flexibility index (Phi) is 6.18. The molecule has 0 aliphatic rings. The molecule has 0 N–H and O–H groups in total. The van der Waals surface area contributed by atoms with Crippen molar-refractivity contribution in [2.24, 2.45) is 0 Å². The van der Waals surface area contributed by atoms with Crippen LogP contribution in [-0.2, 0) is 0 Å². The van der Waals surface area contributed by atoms with E-state index in [1.54, 1.807) is 0 Å². The van der Waals surface area contributed by atoms with Gasteiger partial charge in [0, 0.05) is 38.5 Å². The van der Waals surface area contributed by atoms with E-state index in [1.165, 1.54) is 10.8 Å². The summed E-state index contributed by atoms with van der Waals surface area (Å²) < 4.78 is 12.5. The van der Waals surface area contributed by atoms with Gasteiger partial charge in [-0.2, -0.15) is 0 Å². The second-order valence-electron chi connectivity index (χ2n) is 12.5. The topological polar surface area (TPSA) is 29.5 Å². The highest BCUT2D eigenvalue weighted by Crippen LogP contribution is 2.45. The van der Waals surface area contributed by atoms with Gasteiger partial charge in [0.1, 0.15) is 22.3 Å². The maximum absolute atomic E-state index is 6.24. The van der Waals surface area contributed by atoms with Crippen molar-refractivity contribution in [1.29, 1.82) is 0 Å². The lowest BCUT2D eigenvalue weighted by molar-refractivity contribution is 0.668. The predicted molar refractivity (Wildman–Crippen MR) is 204 cm³/mol. The molecule has 230 valence electrons. The van der Waals surface area contributed by atoms with Crippen LogP contribution in [0.1, 0.15) is 0 Å². The predicted octanol–water partition coefficient (Wildman–Crippen LogP) is 13.4. The molecule has 8 aromatic carbocycles. The van der Waals surface area contributed by atoms with E-state index in [4.69, 9.17) is 8.83 Å². The second kappa shape index (κ2) is 11.0. The molecule has 0 radical (unpaired) electrons. The zero-order valence-electron chi connectivity index (χ0n) is 26.5. The number of benzene rings is 8. The lowest BCUT2D eigenvalue weighted by Crippen LogP contribution is -2.11. The van der Waals surface area contributed by atoms with E-state index in [0.29, 0.717) is 0 Å². The summed E-state index contributed by atoms with van der Waals surface area (Å²) in [4.78, 5) is 2.36. The van der Waals surface area contributed by atoms with Gasteiger partial charge in [0.05, 0.1) is 5.69 Å². The highest BCUT2D eigenvalue weighted by atomic mass is 16.3. The molecule has 0 fully saturated rings. The minimum atomic E-state index is 0.882. The highest BCUT2D eigenvalue weighted by Gasteiger charge is 2.20. The number of anilines is 3. The van der Waals surface area contributed by atoms with Gasteiger partial charge in [0.15, 0.2) is 0 Å². The molecule has 3 nitrogen and oxygen atoms in total. The largest absolute Gasteiger partial charge is 0.456 e. The van der Waals surface area contributed by atoms with Crippen LogP contribution in [0.5, 0.6) is 0 Å². The van der Waals surface area contributed by atoms with E-state index in [2.05, 4.69) is 157 Å². The molecule has 49 heavy (non-hydrogen) atoms. The van der Waals surface area contributed by atoms with Crippen molar-refractivity contribution < 1.29 is 8.83 Å². The molecule has 0 atom stereocenters. The van der Waals surface area contributed by atoms with E-state index in [-0.39, 0.29) is 0 Å². The van der Waals surface area contributed by atoms with Crippen LogP contribution >= 0.6 is 0 Å². The van der Waals surface area contributed by atoms with E-state index < -0.39 is 0 Å². The van der Waals surface area contributed by atoms with Crippen molar-refractivity contribution in [3.8, 4) is 22.3 Å². The van der Waals surface area contributed by atoms with Gasteiger partial charge in [-0.15, -0.1) is 0 Å². The zero-order valence-corrected chi connectivity index (χ0v) is 26.5. The normalized spacial score (nSPS) is 11.7. The standard InChI is InChI=1S/C46H29NO2/c1-3-11-30(12-4-1)38-27-33(32-20-19-31-22-25-45-46(39(31)28-32)37-16-8-10-18-43(37)49-45)21-24-41(38)47(34-13-5-2-6-14-34)35-23-26-44-40(29-35)36-15-7-9-17-42(36)48-44/h1-29H. The molecular weight excluding hydrogens is 599 g/mol. The molecule has 10 rings (SSSR count). The number of fused-ring (bicyclic) bond motifs is 8. The minimum absolute atomic E-state index is 0.882. The fraction of sp³-hybridized carbons (Fsp3) is 0. The van der Waals surface area contributed by atoms with Gasteiger partial charge in [0.2, 0.25) is 0 Å². The smallest absolute Gasteiger partial charge is 0.136 e. The number of para-hydroxylation sites is 3. The Bertz CT molecular complexity index is 2830. The van der Waals surface area contributed by atoms with Crippen molar-refractivity contribution in [3.63, 3.8) is 0 Å². The number of hydrogen-bond donors (Lipinski definition) is 0. The third-order valence-electron chi connectivity index (χ3n) is 9.65. The van der Waals surface area contributed by atoms with Crippen LogP contribution in [0, 0.1) is 0 Å². The van der Waals surface area contributed by atoms with Gasteiger partial charge >= 0.3 is 0 Å². The Morgan fingerprint density at radius 1 is 0.347 bits per heavy atom. The van der Waals surface area contributed by atoms with Crippen molar-refractivity contribution >= 4 is 71.7 Å². The Morgan fingerprint density at radius 2 is 0.959 bits per heavy atom. The lowest BCUT2D eigenvalue weighted by Gasteiger charge is -2.28. The van der Waals surface area contributed by atoms with Gasteiger partial charge in [-0.1, -0.05) is 109 Å². The maximum atomic E-state index is 6.24. The van der Waals surface area contributed by atoms with Crippen LogP contribution in [0.25, 0.3) is 76.9 Å². The van der Waals surface area contributed by atoms with E-state index >= 15 is 0 Å². The summed E-state index contributed by atoms with van der Waals surface area (Å²) in [5.41, 5.74) is 11.4. The lowest BCUT2D eigenvalue weighted by atomic mass is 9.94. The number of rotatable bonds is 5. The maximum Gasteiger partial charge on any atom is 0.136 e.